The van der Waals surface area contributed by atoms with Crippen LogP contribution in [-0.2, 0) is 9.53 Å². The molecule has 8 heteroatoms. The fraction of sp³-hybridized carbons (Fsp3) is 0.360. The van der Waals surface area contributed by atoms with Crippen molar-refractivity contribution in [2.24, 2.45) is 5.41 Å². The van der Waals surface area contributed by atoms with Crippen LogP contribution in [0.15, 0.2) is 36.4 Å². The molecule has 0 amide bonds. The van der Waals surface area contributed by atoms with Gasteiger partial charge in [0.1, 0.15) is 11.6 Å². The molecule has 2 aliphatic rings. The Balaban J connectivity index is 1.75. The van der Waals surface area contributed by atoms with Gasteiger partial charge in [-0.1, -0.05) is 12.1 Å². The van der Waals surface area contributed by atoms with Crippen molar-refractivity contribution in [3.05, 3.63) is 53.6 Å². The van der Waals surface area contributed by atoms with Crippen LogP contribution >= 0.6 is 0 Å². The van der Waals surface area contributed by atoms with Gasteiger partial charge in [0.05, 0.1) is 10.9 Å². The molecule has 172 valence electrons. The van der Waals surface area contributed by atoms with E-state index in [1.54, 1.807) is 6.07 Å². The summed E-state index contributed by atoms with van der Waals surface area (Å²) in [7, 11) is 0. The number of carbonyl (C=O) groups is 1. The van der Waals surface area contributed by atoms with Crippen molar-refractivity contribution in [1.82, 2.24) is 4.98 Å². The van der Waals surface area contributed by atoms with E-state index in [4.69, 9.17) is 9.72 Å². The first-order valence-corrected chi connectivity index (χ1v) is 11.1. The van der Waals surface area contributed by atoms with Gasteiger partial charge in [-0.25, -0.2) is 13.8 Å². The maximum atomic E-state index is 15.1. The maximum absolute atomic E-state index is 15.1. The number of phenols is 1. The molecule has 0 spiro atoms. The lowest BCUT2D eigenvalue weighted by Crippen LogP contribution is -2.26. The minimum absolute atomic E-state index is 0.00497. The van der Waals surface area contributed by atoms with Crippen LogP contribution in [0.5, 0.6) is 5.75 Å². The normalized spacial score (nSPS) is 17.8. The number of nitrogens with one attached hydrogen (secondary N) is 1. The van der Waals surface area contributed by atoms with Gasteiger partial charge in [0.2, 0.25) is 0 Å². The number of carboxylic acids is 1. The van der Waals surface area contributed by atoms with Gasteiger partial charge < -0.3 is 20.3 Å². The number of halogens is 2. The minimum Gasteiger partial charge on any atom is -0.508 e. The first kappa shape index (κ1) is 21.6. The summed E-state index contributed by atoms with van der Waals surface area (Å²) in [6, 6.07) is 8.69. The average Bonchev–Trinajstić information content (AvgIpc) is 3.60. The lowest BCUT2D eigenvalue weighted by molar-refractivity contribution is -0.142. The number of nitrogens with zero attached hydrogens (tertiary/aromatic N) is 1. The molecule has 6 nitrogen and oxygen atoms in total. The van der Waals surface area contributed by atoms with E-state index in [-0.39, 0.29) is 23.8 Å². The highest BCUT2D eigenvalue weighted by Crippen LogP contribution is 2.48. The second-order valence-corrected chi connectivity index (χ2v) is 8.88. The molecule has 1 aliphatic heterocycles. The second-order valence-electron chi connectivity index (χ2n) is 8.88. The highest BCUT2D eigenvalue weighted by atomic mass is 19.2. The number of hydrogen-bond donors (Lipinski definition) is 3. The van der Waals surface area contributed by atoms with Gasteiger partial charge in [0.15, 0.2) is 11.6 Å². The summed E-state index contributed by atoms with van der Waals surface area (Å²) in [5.74, 6) is -2.38. The fourth-order valence-corrected chi connectivity index (χ4v) is 4.64. The van der Waals surface area contributed by atoms with E-state index in [9.17, 15) is 19.4 Å². The van der Waals surface area contributed by atoms with Gasteiger partial charge >= 0.3 is 5.97 Å². The fourth-order valence-electron chi connectivity index (χ4n) is 4.64. The monoisotopic (exact) mass is 454 g/mol. The summed E-state index contributed by atoms with van der Waals surface area (Å²) >= 11 is 0. The molecule has 1 saturated heterocycles. The van der Waals surface area contributed by atoms with Gasteiger partial charge in [-0.2, -0.15) is 0 Å². The Bertz CT molecular complexity index is 1240. The molecular formula is C25H24F2N2O4. The van der Waals surface area contributed by atoms with Crippen molar-refractivity contribution in [3.63, 3.8) is 0 Å². The van der Waals surface area contributed by atoms with Crippen LogP contribution < -0.4 is 5.32 Å². The van der Waals surface area contributed by atoms with Gasteiger partial charge in [0.25, 0.3) is 0 Å². The van der Waals surface area contributed by atoms with E-state index in [2.05, 4.69) is 5.32 Å². The van der Waals surface area contributed by atoms with Crippen LogP contribution in [-0.4, -0.2) is 40.9 Å². The van der Waals surface area contributed by atoms with Crippen LogP contribution in [0.1, 0.15) is 37.2 Å². The number of hydrogen-bond acceptors (Lipinski definition) is 5. The second kappa shape index (κ2) is 8.26. The Morgan fingerprint density at radius 2 is 1.94 bits per heavy atom. The zero-order valence-corrected chi connectivity index (χ0v) is 17.9. The van der Waals surface area contributed by atoms with E-state index in [1.165, 1.54) is 24.3 Å². The first-order chi connectivity index (χ1) is 15.9. The van der Waals surface area contributed by atoms with Crippen LogP contribution in [0, 0.1) is 17.0 Å². The highest BCUT2D eigenvalue weighted by molar-refractivity contribution is 5.99. The Labute approximate surface area is 189 Å². The van der Waals surface area contributed by atoms with Crippen molar-refractivity contribution < 1.29 is 28.5 Å². The number of aliphatic carboxylic acids is 1. The molecule has 33 heavy (non-hydrogen) atoms. The number of aromatic nitrogens is 1. The van der Waals surface area contributed by atoms with Gasteiger partial charge in [-0.15, -0.1) is 0 Å². The molecule has 0 bridgehead atoms. The van der Waals surface area contributed by atoms with E-state index in [0.717, 1.165) is 11.6 Å². The molecule has 0 unspecified atom stereocenters. The predicted octanol–water partition coefficient (Wildman–Crippen LogP) is 5.06. The summed E-state index contributed by atoms with van der Waals surface area (Å²) in [4.78, 5) is 16.4. The Hall–Kier alpha value is -3.26. The topological polar surface area (TPSA) is 91.7 Å². The largest absolute Gasteiger partial charge is 0.508 e. The van der Waals surface area contributed by atoms with E-state index in [0.29, 0.717) is 61.2 Å². The van der Waals surface area contributed by atoms with Crippen molar-refractivity contribution in [1.29, 1.82) is 0 Å². The molecule has 3 aromatic rings. The summed E-state index contributed by atoms with van der Waals surface area (Å²) in [5.41, 5.74) is 0.907. The van der Waals surface area contributed by atoms with E-state index >= 15 is 4.39 Å². The molecule has 0 radical (unpaired) electrons. The standard InChI is InChI=1S/C25H24F2N2O4/c26-18-3-1-2-17(22(18)27)21-16-5-4-15(30)12-19(16)29-23(20(21)14-6-10-33-11-7-14)28-13-25(8-9-25)24(31)32/h1-5,12,14,30H,6-11,13H2,(H,28,29)(H,31,32). The van der Waals surface area contributed by atoms with Crippen molar-refractivity contribution in [2.75, 3.05) is 25.1 Å². The number of carboxylic acid groups (broad SMARTS) is 1. The highest BCUT2D eigenvalue weighted by Gasteiger charge is 2.50. The molecule has 2 aromatic carbocycles. The van der Waals surface area contributed by atoms with Crippen molar-refractivity contribution in [3.8, 4) is 16.9 Å². The summed E-state index contributed by atoms with van der Waals surface area (Å²) < 4.78 is 34.9. The maximum Gasteiger partial charge on any atom is 0.311 e. The number of phenolic OH excluding ortho intramolecular Hbond substituents is 1. The third kappa shape index (κ3) is 3.88. The third-order valence-electron chi connectivity index (χ3n) is 6.76. The number of rotatable bonds is 6. The van der Waals surface area contributed by atoms with Gasteiger partial charge in [-0.3, -0.25) is 4.79 Å². The van der Waals surface area contributed by atoms with E-state index in [1.807, 2.05) is 0 Å². The SMILES string of the molecule is O=C(O)C1(CNc2nc3cc(O)ccc3c(-c3cccc(F)c3F)c2C2CCOCC2)CC1. The number of fused-ring (bicyclic) bond motifs is 1. The van der Waals surface area contributed by atoms with Gasteiger partial charge in [-0.05, 0) is 49.8 Å². The van der Waals surface area contributed by atoms with Crippen LogP contribution in [0.3, 0.4) is 0 Å². The number of benzene rings is 2. The average molecular weight is 454 g/mol. The smallest absolute Gasteiger partial charge is 0.311 e. The zero-order valence-electron chi connectivity index (χ0n) is 17.9. The Kier molecular flexibility index (Phi) is 5.40. The number of pyridine rings is 1. The molecule has 0 atom stereocenters. The Morgan fingerprint density at radius 3 is 2.64 bits per heavy atom. The van der Waals surface area contributed by atoms with E-state index < -0.39 is 23.0 Å². The first-order valence-electron chi connectivity index (χ1n) is 11.1. The van der Waals surface area contributed by atoms with Gasteiger partial charge in [0, 0.05) is 47.9 Å². The number of anilines is 1. The summed E-state index contributed by atoms with van der Waals surface area (Å²) in [5, 5.41) is 23.5. The molecule has 1 aromatic heterocycles. The Morgan fingerprint density at radius 1 is 1.18 bits per heavy atom. The predicted molar refractivity (Wildman–Crippen MR) is 119 cm³/mol. The van der Waals surface area contributed by atoms with Crippen molar-refractivity contribution >= 4 is 22.7 Å². The number of aromatic hydroxyl groups is 1. The van der Waals surface area contributed by atoms with Crippen molar-refractivity contribution in [2.45, 2.75) is 31.6 Å². The molecule has 1 saturated carbocycles. The minimum atomic E-state index is -0.957. The molecule has 1 aliphatic carbocycles. The molecule has 2 heterocycles. The van der Waals surface area contributed by atoms with Crippen LogP contribution in [0.25, 0.3) is 22.0 Å². The van der Waals surface area contributed by atoms with Crippen LogP contribution in [0.2, 0.25) is 0 Å². The molecular weight excluding hydrogens is 430 g/mol. The molecule has 5 rings (SSSR count). The number of ether oxygens (including phenoxy) is 1. The molecule has 3 N–H and O–H groups in total. The quantitative estimate of drug-likeness (QED) is 0.483. The third-order valence-corrected chi connectivity index (χ3v) is 6.76. The lowest BCUT2D eigenvalue weighted by Gasteiger charge is -2.28. The van der Waals surface area contributed by atoms with Crippen LogP contribution in [0.4, 0.5) is 14.6 Å². The summed E-state index contributed by atoms with van der Waals surface area (Å²) in [6.07, 6.45) is 2.49. The zero-order chi connectivity index (χ0) is 23.2. The lowest BCUT2D eigenvalue weighted by atomic mass is 9.84. The molecule has 2 fully saturated rings. The summed E-state index contributed by atoms with van der Waals surface area (Å²) in [6.45, 7) is 1.24.